The summed E-state index contributed by atoms with van der Waals surface area (Å²) >= 11 is 0. The van der Waals surface area contributed by atoms with Crippen LogP contribution in [0, 0.1) is 0 Å². The molecule has 12 heteroatoms. The Morgan fingerprint density at radius 2 is 1.05 bits per heavy atom. The van der Waals surface area contributed by atoms with Gasteiger partial charge in [-0.05, 0) is 57.8 Å². The highest BCUT2D eigenvalue weighted by Crippen LogP contribution is 2.23. The Bertz CT molecular complexity index is 1060. The van der Waals surface area contributed by atoms with Crippen LogP contribution in [0.1, 0.15) is 206 Å². The lowest BCUT2D eigenvalue weighted by Crippen LogP contribution is -2.60. The van der Waals surface area contributed by atoms with Crippen molar-refractivity contribution in [1.29, 1.82) is 0 Å². The molecule has 0 aromatic rings. The van der Waals surface area contributed by atoms with E-state index in [0.29, 0.717) is 12.8 Å². The number of amides is 1. The fourth-order valence-corrected chi connectivity index (χ4v) is 7.87. The molecule has 1 heterocycles. The Morgan fingerprint density at radius 3 is 1.59 bits per heavy atom. The summed E-state index contributed by atoms with van der Waals surface area (Å²) in [6.07, 6.45) is 28.1. The second-order valence-corrected chi connectivity index (χ2v) is 17.7. The minimum Gasteiger partial charge on any atom is -0.394 e. The second-order valence-electron chi connectivity index (χ2n) is 17.7. The predicted molar refractivity (Wildman–Crippen MR) is 244 cm³/mol. The van der Waals surface area contributed by atoms with E-state index in [0.717, 1.165) is 83.5 Å². The monoisotopic (exact) mass is 872 g/mol. The van der Waals surface area contributed by atoms with Gasteiger partial charge in [0.05, 0.1) is 31.5 Å². The molecular weight excluding hydrogens is 779 g/mol. The summed E-state index contributed by atoms with van der Waals surface area (Å²) in [6.45, 7) is 3.34. The van der Waals surface area contributed by atoms with Gasteiger partial charge in [0.15, 0.2) is 6.29 Å². The average molecular weight is 872 g/mol. The molecule has 0 saturated carbocycles. The van der Waals surface area contributed by atoms with Crippen molar-refractivity contribution < 1.29 is 55.1 Å². The molecule has 1 aliphatic heterocycles. The number of hydrogen-bond acceptors (Lipinski definition) is 11. The zero-order chi connectivity index (χ0) is 44.9. The summed E-state index contributed by atoms with van der Waals surface area (Å²) in [5.41, 5.74) is 0. The van der Waals surface area contributed by atoms with Crippen LogP contribution in [0.2, 0.25) is 0 Å². The van der Waals surface area contributed by atoms with Gasteiger partial charge < -0.3 is 55.6 Å². The molecule has 1 saturated heterocycles. The van der Waals surface area contributed by atoms with Crippen molar-refractivity contribution >= 4 is 5.91 Å². The molecule has 1 fully saturated rings. The van der Waals surface area contributed by atoms with Crippen LogP contribution in [0.5, 0.6) is 0 Å². The quantitative estimate of drug-likeness (QED) is 0.0216. The molecule has 1 unspecified atom stereocenters. The number of ether oxygens (including phenoxy) is 2. The smallest absolute Gasteiger partial charge is 0.249 e. The van der Waals surface area contributed by atoms with Crippen molar-refractivity contribution in [3.05, 3.63) is 24.3 Å². The van der Waals surface area contributed by atoms with Crippen LogP contribution in [0.3, 0.4) is 0 Å². The number of unbranched alkanes of at least 4 members (excludes halogenated alkanes) is 23. The molecule has 61 heavy (non-hydrogen) atoms. The molecule has 0 aromatic carbocycles. The number of allylic oxidation sites excluding steroid dienone is 3. The molecule has 1 rings (SSSR count). The first-order chi connectivity index (χ1) is 29.6. The Kier molecular flexibility index (Phi) is 36.8. The van der Waals surface area contributed by atoms with Crippen molar-refractivity contribution in [3.8, 4) is 0 Å². The minimum atomic E-state index is -1.67. The summed E-state index contributed by atoms with van der Waals surface area (Å²) in [4.78, 5) is 13.1. The van der Waals surface area contributed by atoms with Crippen LogP contribution >= 0.6 is 0 Å². The van der Waals surface area contributed by atoms with Gasteiger partial charge in [-0.1, -0.05) is 173 Å². The Hall–Kier alpha value is -1.45. The largest absolute Gasteiger partial charge is 0.394 e. The van der Waals surface area contributed by atoms with Gasteiger partial charge in [0.25, 0.3) is 0 Å². The number of hydrogen-bond donors (Lipinski definition) is 9. The van der Waals surface area contributed by atoms with E-state index in [9.17, 15) is 45.6 Å². The van der Waals surface area contributed by atoms with E-state index < -0.39 is 74.2 Å². The van der Waals surface area contributed by atoms with Crippen molar-refractivity contribution in [3.63, 3.8) is 0 Å². The van der Waals surface area contributed by atoms with Gasteiger partial charge in [0.1, 0.15) is 36.6 Å². The van der Waals surface area contributed by atoms with Gasteiger partial charge in [0.2, 0.25) is 5.91 Å². The van der Waals surface area contributed by atoms with Crippen LogP contribution in [0.25, 0.3) is 0 Å². The van der Waals surface area contributed by atoms with Crippen LogP contribution in [0.4, 0.5) is 0 Å². The van der Waals surface area contributed by atoms with E-state index >= 15 is 0 Å². The third-order valence-corrected chi connectivity index (χ3v) is 12.0. The van der Waals surface area contributed by atoms with Gasteiger partial charge in [0, 0.05) is 0 Å². The first-order valence-electron chi connectivity index (χ1n) is 24.8. The summed E-state index contributed by atoms with van der Waals surface area (Å²) in [7, 11) is 0. The Balaban J connectivity index is 2.42. The van der Waals surface area contributed by atoms with Crippen molar-refractivity contribution in [2.45, 2.75) is 268 Å². The van der Waals surface area contributed by atoms with E-state index in [-0.39, 0.29) is 18.9 Å². The predicted octanol–water partition coefficient (Wildman–Crippen LogP) is 7.59. The maximum atomic E-state index is 13.1. The van der Waals surface area contributed by atoms with Crippen LogP contribution in [0.15, 0.2) is 24.3 Å². The molecule has 12 nitrogen and oxygen atoms in total. The lowest BCUT2D eigenvalue weighted by atomic mass is 9.98. The van der Waals surface area contributed by atoms with E-state index in [1.807, 2.05) is 6.08 Å². The highest BCUT2D eigenvalue weighted by atomic mass is 16.7. The number of aliphatic hydroxyl groups is 8. The number of aliphatic hydroxyl groups excluding tert-OH is 8. The molecular formula is C49H93NO11. The standard InChI is InChI=1S/C49H93NO11/c1-3-5-7-9-10-11-12-13-14-18-21-24-27-31-35-41(53)44(55)40(38-60-49-47(58)46(57)45(56)43(37-51)61-49)50-48(59)42(54)36-32-28-25-22-19-16-15-17-20-23-26-30-34-39(52)33-29-8-6-4-2/h13-14,30,34,39-47,49,51-58H,3-12,15-29,31-33,35-38H2,1-2H3,(H,50,59)/b14-13-,34-30+/t39?,40-,41+,42-,43+,44-,45+,46-,47+,49+/m0/s1. The number of carbonyl (C=O) groups is 1. The van der Waals surface area contributed by atoms with Gasteiger partial charge >= 0.3 is 0 Å². The molecule has 0 bridgehead atoms. The van der Waals surface area contributed by atoms with E-state index in [1.165, 1.54) is 83.5 Å². The van der Waals surface area contributed by atoms with E-state index in [1.54, 1.807) is 0 Å². The molecule has 0 aliphatic carbocycles. The molecule has 360 valence electrons. The van der Waals surface area contributed by atoms with E-state index in [4.69, 9.17) is 9.47 Å². The molecule has 0 spiro atoms. The maximum Gasteiger partial charge on any atom is 0.249 e. The highest BCUT2D eigenvalue weighted by Gasteiger charge is 2.44. The first kappa shape index (κ1) is 57.6. The number of carbonyl (C=O) groups excluding carboxylic acids is 1. The van der Waals surface area contributed by atoms with Crippen molar-refractivity contribution in [2.75, 3.05) is 13.2 Å². The fraction of sp³-hybridized carbons (Fsp3) is 0.898. The minimum absolute atomic E-state index is 0.239. The second kappa shape index (κ2) is 39.0. The van der Waals surface area contributed by atoms with Gasteiger partial charge in [-0.25, -0.2) is 0 Å². The fourth-order valence-electron chi connectivity index (χ4n) is 7.87. The van der Waals surface area contributed by atoms with Crippen molar-refractivity contribution in [2.24, 2.45) is 0 Å². The molecule has 10 atom stereocenters. The molecule has 1 aliphatic rings. The highest BCUT2D eigenvalue weighted by molar-refractivity contribution is 5.80. The topological polar surface area (TPSA) is 209 Å². The SMILES string of the molecule is CCCCCCCC/C=C\CCCCCC[C@@H](O)[C@@H](O)[C@H](CO[C@@H]1O[C@H](CO)[C@@H](O)[C@H](O)[C@H]1O)NC(=O)[C@@H](O)CCCCCCCCCCCC/C=C/C(O)CCCCCC. The maximum absolute atomic E-state index is 13.1. The van der Waals surface area contributed by atoms with Gasteiger partial charge in [-0.15, -0.1) is 0 Å². The molecule has 0 aromatic heterocycles. The number of nitrogens with one attached hydrogen (secondary N) is 1. The summed E-state index contributed by atoms with van der Waals surface area (Å²) in [6, 6.07) is -1.18. The molecule has 0 radical (unpaired) electrons. The zero-order valence-electron chi connectivity index (χ0n) is 38.5. The van der Waals surface area contributed by atoms with Crippen LogP contribution < -0.4 is 5.32 Å². The first-order valence-corrected chi connectivity index (χ1v) is 24.8. The molecule has 1 amide bonds. The van der Waals surface area contributed by atoms with Crippen LogP contribution in [-0.4, -0.2) is 121 Å². The zero-order valence-corrected chi connectivity index (χ0v) is 38.5. The summed E-state index contributed by atoms with van der Waals surface area (Å²) in [5.74, 6) is -0.715. The van der Waals surface area contributed by atoms with Crippen molar-refractivity contribution in [1.82, 2.24) is 5.32 Å². The summed E-state index contributed by atoms with van der Waals surface area (Å²) < 4.78 is 11.1. The summed E-state index contributed by atoms with van der Waals surface area (Å²) in [5, 5.41) is 85.8. The molecule has 9 N–H and O–H groups in total. The van der Waals surface area contributed by atoms with Gasteiger partial charge in [-0.3, -0.25) is 4.79 Å². The third-order valence-electron chi connectivity index (χ3n) is 12.0. The van der Waals surface area contributed by atoms with E-state index in [2.05, 4.69) is 37.4 Å². The van der Waals surface area contributed by atoms with Gasteiger partial charge in [-0.2, -0.15) is 0 Å². The van der Waals surface area contributed by atoms with Crippen LogP contribution in [-0.2, 0) is 14.3 Å². The lowest BCUT2D eigenvalue weighted by Gasteiger charge is -2.40. The Labute approximate surface area is 370 Å². The average Bonchev–Trinajstić information content (AvgIpc) is 3.25. The Morgan fingerprint density at radius 1 is 0.590 bits per heavy atom. The normalized spacial score (nSPS) is 22.2. The third kappa shape index (κ3) is 28.9. The number of rotatable bonds is 41. The lowest BCUT2D eigenvalue weighted by molar-refractivity contribution is -0.303.